The summed E-state index contributed by atoms with van der Waals surface area (Å²) in [5, 5.41) is 24.2. The first-order chi connectivity index (χ1) is 21.6. The van der Waals surface area contributed by atoms with Gasteiger partial charge in [0.15, 0.2) is 11.5 Å². The fraction of sp³-hybridized carbons (Fsp3) is 0.200. The van der Waals surface area contributed by atoms with Gasteiger partial charge in [0.1, 0.15) is 11.8 Å². The standard InChI is InChI=1S/C30H23ClN4O8S2/c1-2-43-21-13-15(3-12-20(21)36)23-24-25(28(39)34(27(24)38)18-8-10-19(11-9-18)35(41)42)44-29-26(23)45-30(40)33(29)14-22(37)32-17-6-4-16(31)5-7-17/h3-13,23-25,36H,2,14H2,1H3,(H,32,37). The van der Waals surface area contributed by atoms with Crippen LogP contribution in [0, 0.1) is 16.0 Å². The highest BCUT2D eigenvalue weighted by molar-refractivity contribution is 8.00. The summed E-state index contributed by atoms with van der Waals surface area (Å²) < 4.78 is 6.87. The van der Waals surface area contributed by atoms with Crippen molar-refractivity contribution < 1.29 is 29.2 Å². The number of imide groups is 1. The molecule has 0 saturated carbocycles. The van der Waals surface area contributed by atoms with Crippen molar-refractivity contribution in [3.63, 3.8) is 0 Å². The Morgan fingerprint density at radius 2 is 1.78 bits per heavy atom. The van der Waals surface area contributed by atoms with Crippen LogP contribution in [0.1, 0.15) is 23.3 Å². The molecule has 6 rings (SSSR count). The van der Waals surface area contributed by atoms with Crippen LogP contribution in [0.2, 0.25) is 5.02 Å². The number of benzene rings is 3. The van der Waals surface area contributed by atoms with Crippen LogP contribution in [0.15, 0.2) is 76.6 Å². The van der Waals surface area contributed by atoms with Gasteiger partial charge in [0.25, 0.3) is 5.69 Å². The largest absolute Gasteiger partial charge is 0.504 e. The van der Waals surface area contributed by atoms with Crippen molar-refractivity contribution >= 4 is 69.5 Å². The molecule has 3 atom stereocenters. The third-order valence-corrected chi connectivity index (χ3v) is 10.3. The number of amides is 3. The number of nitro groups is 1. The normalized spacial score (nSPS) is 18.8. The molecule has 3 aromatic carbocycles. The summed E-state index contributed by atoms with van der Waals surface area (Å²) in [7, 11) is 0. The van der Waals surface area contributed by atoms with Crippen LogP contribution in [0.25, 0.3) is 0 Å². The van der Waals surface area contributed by atoms with Crippen molar-refractivity contribution in [2.75, 3.05) is 16.8 Å². The molecule has 4 aromatic rings. The minimum Gasteiger partial charge on any atom is -0.504 e. The third-order valence-electron chi connectivity index (χ3n) is 7.44. The van der Waals surface area contributed by atoms with Gasteiger partial charge in [-0.15, -0.1) is 0 Å². The second-order valence-corrected chi connectivity index (χ2v) is 12.7. The van der Waals surface area contributed by atoms with Crippen molar-refractivity contribution in [2.24, 2.45) is 5.92 Å². The number of aromatic nitrogens is 1. The van der Waals surface area contributed by atoms with Crippen molar-refractivity contribution in [1.82, 2.24) is 4.57 Å². The topological polar surface area (TPSA) is 161 Å². The summed E-state index contributed by atoms with van der Waals surface area (Å²) in [6.45, 7) is 1.66. The molecule has 230 valence electrons. The molecule has 45 heavy (non-hydrogen) atoms. The lowest BCUT2D eigenvalue weighted by Crippen LogP contribution is -2.33. The molecule has 3 heterocycles. The maximum Gasteiger partial charge on any atom is 0.308 e. The van der Waals surface area contributed by atoms with Gasteiger partial charge in [0, 0.05) is 33.6 Å². The Bertz CT molecular complexity index is 1910. The zero-order valence-electron chi connectivity index (χ0n) is 23.3. The lowest BCUT2D eigenvalue weighted by atomic mass is 9.83. The predicted octanol–water partition coefficient (Wildman–Crippen LogP) is 5.01. The quantitative estimate of drug-likeness (QED) is 0.150. The molecular weight excluding hydrogens is 644 g/mol. The number of thioether (sulfide) groups is 1. The van der Waals surface area contributed by atoms with E-state index in [1.54, 1.807) is 43.3 Å². The first-order valence-electron chi connectivity index (χ1n) is 13.6. The molecule has 15 heteroatoms. The fourth-order valence-corrected chi connectivity index (χ4v) is 8.36. The van der Waals surface area contributed by atoms with E-state index in [4.69, 9.17) is 16.3 Å². The van der Waals surface area contributed by atoms with E-state index in [1.807, 2.05) is 0 Å². The van der Waals surface area contributed by atoms with Gasteiger partial charge in [-0.2, -0.15) is 0 Å². The Labute approximate surface area is 268 Å². The number of thiazole rings is 1. The van der Waals surface area contributed by atoms with Crippen molar-refractivity contribution in [3.8, 4) is 11.5 Å². The highest BCUT2D eigenvalue weighted by atomic mass is 35.5. The number of carbonyl (C=O) groups is 3. The van der Waals surface area contributed by atoms with Gasteiger partial charge in [-0.1, -0.05) is 40.8 Å². The second kappa shape index (κ2) is 12.0. The number of anilines is 2. The molecule has 1 aromatic heterocycles. The third kappa shape index (κ3) is 5.56. The molecule has 1 fully saturated rings. The number of ether oxygens (including phenoxy) is 1. The smallest absolute Gasteiger partial charge is 0.308 e. The van der Waals surface area contributed by atoms with E-state index in [-0.39, 0.29) is 36.0 Å². The number of non-ortho nitro benzene ring substituents is 1. The Morgan fingerprint density at radius 3 is 2.44 bits per heavy atom. The maximum atomic E-state index is 14.1. The molecule has 1 saturated heterocycles. The Morgan fingerprint density at radius 1 is 1.07 bits per heavy atom. The monoisotopic (exact) mass is 666 g/mol. The first kappa shape index (κ1) is 30.4. The Kier molecular flexibility index (Phi) is 8.12. The predicted molar refractivity (Wildman–Crippen MR) is 169 cm³/mol. The summed E-state index contributed by atoms with van der Waals surface area (Å²) in [5.41, 5.74) is 0.986. The van der Waals surface area contributed by atoms with E-state index in [2.05, 4.69) is 5.32 Å². The van der Waals surface area contributed by atoms with Gasteiger partial charge in [-0.3, -0.25) is 33.9 Å². The average Bonchev–Trinajstić information content (AvgIpc) is 3.45. The van der Waals surface area contributed by atoms with Crippen LogP contribution in [0.5, 0.6) is 11.5 Å². The van der Waals surface area contributed by atoms with Crippen LogP contribution >= 0.6 is 34.7 Å². The first-order valence-corrected chi connectivity index (χ1v) is 15.7. The number of phenols is 1. The number of fused-ring (bicyclic) bond motifs is 2. The molecule has 3 amide bonds. The number of aromatic hydroxyl groups is 1. The van der Waals surface area contributed by atoms with Gasteiger partial charge < -0.3 is 15.2 Å². The number of carbonyl (C=O) groups excluding carboxylic acids is 3. The molecule has 2 aliphatic rings. The van der Waals surface area contributed by atoms with Crippen molar-refractivity contribution in [1.29, 1.82) is 0 Å². The number of phenolic OH excluding ortho intramolecular Hbond substituents is 1. The van der Waals surface area contributed by atoms with Crippen molar-refractivity contribution in [2.45, 2.75) is 29.7 Å². The number of nitrogens with zero attached hydrogens (tertiary/aromatic N) is 3. The molecule has 12 nitrogen and oxygen atoms in total. The van der Waals surface area contributed by atoms with Crippen LogP contribution in [0.3, 0.4) is 0 Å². The minimum atomic E-state index is -0.978. The maximum absolute atomic E-state index is 14.1. The number of halogens is 1. The number of hydrogen-bond donors (Lipinski definition) is 2. The van der Waals surface area contributed by atoms with Crippen LogP contribution < -0.4 is 19.8 Å². The average molecular weight is 667 g/mol. The summed E-state index contributed by atoms with van der Waals surface area (Å²) in [4.78, 5) is 66.0. The zero-order chi connectivity index (χ0) is 32.0. The lowest BCUT2D eigenvalue weighted by molar-refractivity contribution is -0.384. The number of rotatable bonds is 8. The molecule has 0 spiro atoms. The van der Waals surface area contributed by atoms with Gasteiger partial charge in [0.05, 0.1) is 28.2 Å². The summed E-state index contributed by atoms with van der Waals surface area (Å²) in [6.07, 6.45) is 0. The Hall–Kier alpha value is -4.66. The highest BCUT2D eigenvalue weighted by Gasteiger charge is 2.57. The number of hydrogen-bond acceptors (Lipinski definition) is 10. The van der Waals surface area contributed by atoms with E-state index in [1.165, 1.54) is 34.9 Å². The van der Waals surface area contributed by atoms with E-state index >= 15 is 0 Å². The minimum absolute atomic E-state index is 0.117. The highest BCUT2D eigenvalue weighted by Crippen LogP contribution is 2.54. The molecule has 0 aliphatic carbocycles. The molecular formula is C30H23ClN4O8S2. The molecule has 0 radical (unpaired) electrons. The summed E-state index contributed by atoms with van der Waals surface area (Å²) in [6, 6.07) is 16.2. The molecule has 2 N–H and O–H groups in total. The van der Waals surface area contributed by atoms with E-state index in [0.29, 0.717) is 26.2 Å². The molecule has 0 bridgehead atoms. The van der Waals surface area contributed by atoms with Crippen LogP contribution in [0.4, 0.5) is 17.1 Å². The summed E-state index contributed by atoms with van der Waals surface area (Å²) in [5.74, 6) is -3.29. The van der Waals surface area contributed by atoms with Crippen LogP contribution in [-0.4, -0.2) is 44.2 Å². The zero-order valence-corrected chi connectivity index (χ0v) is 25.7. The fourth-order valence-electron chi connectivity index (χ4n) is 5.46. The van der Waals surface area contributed by atoms with E-state index in [0.717, 1.165) is 28.0 Å². The van der Waals surface area contributed by atoms with Crippen molar-refractivity contribution in [3.05, 3.63) is 102 Å². The lowest BCUT2D eigenvalue weighted by Gasteiger charge is -2.31. The van der Waals surface area contributed by atoms with Gasteiger partial charge >= 0.3 is 4.87 Å². The number of nitro benzene ring substituents is 1. The van der Waals surface area contributed by atoms with Gasteiger partial charge in [-0.05, 0) is 61.0 Å². The Balaban J connectivity index is 1.42. The second-order valence-electron chi connectivity index (χ2n) is 10.2. The van der Waals surface area contributed by atoms with Crippen LogP contribution in [-0.2, 0) is 20.9 Å². The molecule has 3 unspecified atom stereocenters. The summed E-state index contributed by atoms with van der Waals surface area (Å²) >= 11 is 7.85. The molecule has 2 aliphatic heterocycles. The van der Waals surface area contributed by atoms with E-state index in [9.17, 15) is 34.4 Å². The van der Waals surface area contributed by atoms with Gasteiger partial charge in [-0.25, -0.2) is 4.90 Å². The van der Waals surface area contributed by atoms with Gasteiger partial charge in [0.2, 0.25) is 17.7 Å². The number of nitrogens with one attached hydrogen (secondary N) is 1. The van der Waals surface area contributed by atoms with E-state index < -0.39 is 44.6 Å². The SMILES string of the molecule is CCOc1cc(C2c3sc(=O)n(CC(=O)Nc4ccc(Cl)cc4)c3SC3C(=O)N(c4ccc([N+](=O)[O-])cc4)C(=O)C32)ccc1O.